The van der Waals surface area contributed by atoms with E-state index in [-0.39, 0.29) is 17.5 Å². The van der Waals surface area contributed by atoms with Gasteiger partial charge in [0.05, 0.1) is 17.3 Å². The minimum atomic E-state index is -0.475. The van der Waals surface area contributed by atoms with Gasteiger partial charge in [-0.3, -0.25) is 4.79 Å². The molecular weight excluding hydrogens is 239 g/mol. The maximum Gasteiger partial charge on any atom is 0.227 e. The number of amides is 1. The Morgan fingerprint density at radius 2 is 2.35 bits per heavy atom. The number of rotatable bonds is 2. The summed E-state index contributed by atoms with van der Waals surface area (Å²) in [4.78, 5) is 13.1. The molecule has 0 radical (unpaired) electrons. The Hall–Kier alpha value is -1.54. The average molecular weight is 250 g/mol. The lowest BCUT2D eigenvalue weighted by Crippen LogP contribution is -2.25. The molecule has 2 rings (SSSR count). The molecule has 17 heavy (non-hydrogen) atoms. The summed E-state index contributed by atoms with van der Waals surface area (Å²) in [6.45, 7) is 0.466. The van der Waals surface area contributed by atoms with E-state index in [2.05, 4.69) is 12.6 Å². The zero-order valence-corrected chi connectivity index (χ0v) is 9.95. The van der Waals surface area contributed by atoms with Crippen molar-refractivity contribution in [3.05, 3.63) is 29.6 Å². The third-order valence-electron chi connectivity index (χ3n) is 2.83. The van der Waals surface area contributed by atoms with Crippen LogP contribution in [0.5, 0.6) is 0 Å². The fraction of sp³-hybridized carbons (Fsp3) is 0.333. The van der Waals surface area contributed by atoms with Gasteiger partial charge in [-0.25, -0.2) is 4.39 Å². The van der Waals surface area contributed by atoms with Crippen LogP contribution in [0.15, 0.2) is 18.2 Å². The Labute approximate surface area is 104 Å². The van der Waals surface area contributed by atoms with E-state index in [1.165, 1.54) is 23.1 Å². The van der Waals surface area contributed by atoms with Gasteiger partial charge >= 0.3 is 0 Å². The lowest BCUT2D eigenvalue weighted by molar-refractivity contribution is -0.117. The molecule has 1 amide bonds. The lowest BCUT2D eigenvalue weighted by atomic mass is 10.1. The van der Waals surface area contributed by atoms with E-state index < -0.39 is 5.82 Å². The van der Waals surface area contributed by atoms with Crippen molar-refractivity contribution in [2.75, 3.05) is 17.2 Å². The summed E-state index contributed by atoms with van der Waals surface area (Å²) in [6.07, 6.45) is 0.389. The molecular formula is C12H11FN2OS. The lowest BCUT2D eigenvalue weighted by Gasteiger charge is -2.17. The third-order valence-corrected chi connectivity index (χ3v) is 3.35. The zero-order chi connectivity index (χ0) is 12.4. The molecule has 0 saturated carbocycles. The van der Waals surface area contributed by atoms with Crippen LogP contribution in [-0.4, -0.2) is 18.2 Å². The molecule has 0 spiro atoms. The standard InChI is InChI=1S/C12H11FN2OS/c13-10-2-1-8(5-14)3-11(10)15-6-9(7-17)4-12(15)16/h1-3,9,17H,4,6-7H2. The summed E-state index contributed by atoms with van der Waals surface area (Å²) >= 11 is 4.15. The first-order chi connectivity index (χ1) is 8.15. The summed E-state index contributed by atoms with van der Waals surface area (Å²) in [5, 5.41) is 8.77. The largest absolute Gasteiger partial charge is 0.309 e. The molecule has 3 nitrogen and oxygen atoms in total. The molecule has 88 valence electrons. The first-order valence-electron chi connectivity index (χ1n) is 5.26. The second-order valence-electron chi connectivity index (χ2n) is 4.04. The number of benzene rings is 1. The number of hydrogen-bond acceptors (Lipinski definition) is 3. The second-order valence-corrected chi connectivity index (χ2v) is 4.40. The molecule has 0 N–H and O–H groups in total. The number of nitriles is 1. The van der Waals surface area contributed by atoms with Crippen molar-refractivity contribution in [3.63, 3.8) is 0 Å². The van der Waals surface area contributed by atoms with Crippen molar-refractivity contribution in [2.45, 2.75) is 6.42 Å². The van der Waals surface area contributed by atoms with E-state index in [4.69, 9.17) is 5.26 Å². The van der Waals surface area contributed by atoms with Crippen molar-refractivity contribution in [2.24, 2.45) is 5.92 Å². The first-order valence-corrected chi connectivity index (χ1v) is 5.90. The van der Waals surface area contributed by atoms with Crippen LogP contribution in [0.1, 0.15) is 12.0 Å². The number of carbonyl (C=O) groups excluding carboxylic acids is 1. The fourth-order valence-electron chi connectivity index (χ4n) is 1.93. The summed E-state index contributed by atoms with van der Waals surface area (Å²) in [6, 6.07) is 5.96. The average Bonchev–Trinajstić information content (AvgIpc) is 2.71. The number of hydrogen-bond donors (Lipinski definition) is 1. The van der Waals surface area contributed by atoms with Crippen LogP contribution in [0.2, 0.25) is 0 Å². The molecule has 1 atom stereocenters. The van der Waals surface area contributed by atoms with Gasteiger partial charge in [0, 0.05) is 13.0 Å². The molecule has 1 unspecified atom stereocenters. The molecule has 0 bridgehead atoms. The summed E-state index contributed by atoms with van der Waals surface area (Å²) in [5.41, 5.74) is 0.543. The predicted octanol–water partition coefficient (Wildman–Crippen LogP) is 1.98. The van der Waals surface area contributed by atoms with Crippen molar-refractivity contribution in [1.82, 2.24) is 0 Å². The Morgan fingerprint density at radius 3 is 2.94 bits per heavy atom. The van der Waals surface area contributed by atoms with Crippen molar-refractivity contribution in [3.8, 4) is 6.07 Å². The van der Waals surface area contributed by atoms with Gasteiger partial charge in [-0.2, -0.15) is 17.9 Å². The summed E-state index contributed by atoms with van der Waals surface area (Å²) in [5.74, 6) is 0.160. The molecule has 1 heterocycles. The molecule has 1 fully saturated rings. The smallest absolute Gasteiger partial charge is 0.227 e. The number of carbonyl (C=O) groups is 1. The fourth-order valence-corrected chi connectivity index (χ4v) is 2.17. The Morgan fingerprint density at radius 1 is 1.59 bits per heavy atom. The Bertz CT molecular complexity index is 498. The highest BCUT2D eigenvalue weighted by atomic mass is 32.1. The van der Waals surface area contributed by atoms with Crippen molar-refractivity contribution in [1.29, 1.82) is 5.26 Å². The van der Waals surface area contributed by atoms with Crippen LogP contribution in [0.3, 0.4) is 0 Å². The number of nitrogens with zero attached hydrogens (tertiary/aromatic N) is 2. The Balaban J connectivity index is 2.34. The predicted molar refractivity (Wildman–Crippen MR) is 65.4 cm³/mol. The molecule has 0 aliphatic carbocycles. The highest BCUT2D eigenvalue weighted by Crippen LogP contribution is 2.28. The van der Waals surface area contributed by atoms with Gasteiger partial charge < -0.3 is 4.90 Å². The normalized spacial score (nSPS) is 19.5. The second kappa shape index (κ2) is 4.76. The SMILES string of the molecule is N#Cc1ccc(F)c(N2CC(CS)CC2=O)c1. The van der Waals surface area contributed by atoms with Gasteiger partial charge in [0.25, 0.3) is 0 Å². The van der Waals surface area contributed by atoms with Crippen molar-refractivity contribution < 1.29 is 9.18 Å². The number of anilines is 1. The van der Waals surface area contributed by atoms with E-state index in [0.717, 1.165) is 0 Å². The molecule has 1 aliphatic rings. The van der Waals surface area contributed by atoms with Crippen LogP contribution in [0.4, 0.5) is 10.1 Å². The number of halogens is 1. The molecule has 1 saturated heterocycles. The number of thiol groups is 1. The first kappa shape index (κ1) is 11.9. The molecule has 1 aliphatic heterocycles. The van der Waals surface area contributed by atoms with Gasteiger partial charge in [-0.1, -0.05) is 0 Å². The van der Waals surface area contributed by atoms with Gasteiger partial charge in [0.1, 0.15) is 5.82 Å². The molecule has 1 aromatic carbocycles. The maximum atomic E-state index is 13.6. The van der Waals surface area contributed by atoms with Crippen LogP contribution in [0, 0.1) is 23.1 Å². The van der Waals surface area contributed by atoms with E-state index in [0.29, 0.717) is 24.3 Å². The highest BCUT2D eigenvalue weighted by Gasteiger charge is 2.31. The van der Waals surface area contributed by atoms with E-state index in [1.54, 1.807) is 0 Å². The van der Waals surface area contributed by atoms with Crippen LogP contribution >= 0.6 is 12.6 Å². The minimum absolute atomic E-state index is 0.113. The van der Waals surface area contributed by atoms with Gasteiger partial charge in [-0.05, 0) is 29.9 Å². The van der Waals surface area contributed by atoms with Crippen molar-refractivity contribution >= 4 is 24.2 Å². The van der Waals surface area contributed by atoms with E-state index in [1.807, 2.05) is 6.07 Å². The van der Waals surface area contributed by atoms with Crippen LogP contribution in [-0.2, 0) is 4.79 Å². The van der Waals surface area contributed by atoms with E-state index in [9.17, 15) is 9.18 Å². The topological polar surface area (TPSA) is 44.1 Å². The molecule has 5 heteroatoms. The quantitative estimate of drug-likeness (QED) is 0.816. The Kier molecular flexibility index (Phi) is 3.34. The monoisotopic (exact) mass is 250 g/mol. The summed E-state index contributed by atoms with van der Waals surface area (Å²) < 4.78 is 13.6. The van der Waals surface area contributed by atoms with Gasteiger partial charge in [0.2, 0.25) is 5.91 Å². The third kappa shape index (κ3) is 2.27. The molecule has 0 aromatic heterocycles. The van der Waals surface area contributed by atoms with E-state index >= 15 is 0 Å². The van der Waals surface area contributed by atoms with Gasteiger partial charge in [-0.15, -0.1) is 0 Å². The van der Waals surface area contributed by atoms with Crippen LogP contribution < -0.4 is 4.90 Å². The molecule has 1 aromatic rings. The minimum Gasteiger partial charge on any atom is -0.309 e. The highest BCUT2D eigenvalue weighted by molar-refractivity contribution is 7.80. The maximum absolute atomic E-state index is 13.6. The zero-order valence-electron chi connectivity index (χ0n) is 9.06. The van der Waals surface area contributed by atoms with Crippen LogP contribution in [0.25, 0.3) is 0 Å². The summed E-state index contributed by atoms with van der Waals surface area (Å²) in [7, 11) is 0. The van der Waals surface area contributed by atoms with Gasteiger partial charge in [0.15, 0.2) is 0 Å².